The summed E-state index contributed by atoms with van der Waals surface area (Å²) in [6.45, 7) is 5.03. The molecule has 4 aromatic carbocycles. The first kappa shape index (κ1) is 47.7. The predicted molar refractivity (Wildman–Crippen MR) is 288 cm³/mol. The van der Waals surface area contributed by atoms with Crippen molar-refractivity contribution in [2.45, 2.75) is 108 Å². The Labute approximate surface area is 419 Å². The average Bonchev–Trinajstić information content (AvgIpc) is 4.34. The Morgan fingerprint density at radius 1 is 0.522 bits per heavy atom. The van der Waals surface area contributed by atoms with Gasteiger partial charge in [-0.15, -0.1) is 11.3 Å². The first-order valence-corrected chi connectivity index (χ1v) is 27.3. The monoisotopic (exact) mass is 982 g/mol. The number of furan rings is 1. The first-order valence-electron chi connectivity index (χ1n) is 23.8. The minimum atomic E-state index is 0.443. The van der Waals surface area contributed by atoms with Gasteiger partial charge in [0.1, 0.15) is 5.76 Å². The van der Waals surface area contributed by atoms with Gasteiger partial charge in [-0.3, -0.25) is 0 Å². The fourth-order valence-electron chi connectivity index (χ4n) is 8.01. The van der Waals surface area contributed by atoms with Crippen molar-refractivity contribution in [3.05, 3.63) is 187 Å². The third-order valence-corrected chi connectivity index (χ3v) is 15.1. The van der Waals surface area contributed by atoms with E-state index in [1.807, 2.05) is 36.4 Å². The van der Waals surface area contributed by atoms with Crippen molar-refractivity contribution in [2.75, 3.05) is 0 Å². The summed E-state index contributed by atoms with van der Waals surface area (Å²) in [5.41, 5.74) is 13.2. The summed E-state index contributed by atoms with van der Waals surface area (Å²) in [5.74, 6) is 0.897. The Morgan fingerprint density at radius 3 is 1.63 bits per heavy atom. The predicted octanol–water partition coefficient (Wildman–Crippen LogP) is 16.1. The summed E-state index contributed by atoms with van der Waals surface area (Å²) in [7, 11) is 0. The highest BCUT2D eigenvalue weighted by Crippen LogP contribution is 2.34. The second-order valence-corrected chi connectivity index (χ2v) is 21.3. The summed E-state index contributed by atoms with van der Waals surface area (Å²) in [6, 6.07) is 45.4. The number of benzene rings is 4. The minimum Gasteiger partial charge on any atom is -0.464 e. The highest BCUT2D eigenvalue weighted by Gasteiger charge is 2.25. The van der Waals surface area contributed by atoms with Gasteiger partial charge >= 0.3 is 0 Å². The maximum atomic E-state index is 6.08. The molecule has 67 heavy (non-hydrogen) atoms. The van der Waals surface area contributed by atoms with Gasteiger partial charge in [-0.2, -0.15) is 22.7 Å². The summed E-state index contributed by atoms with van der Waals surface area (Å²) in [4.78, 5) is 1.31. The quantitative estimate of drug-likeness (QED) is 0.0777. The molecule has 0 aliphatic heterocycles. The molecular formula is C57H60Cl2N4OS3. The third kappa shape index (κ3) is 14.6. The number of hydrogen-bond acceptors (Lipinski definition) is 8. The zero-order valence-corrected chi connectivity index (χ0v) is 42.0. The highest BCUT2D eigenvalue weighted by molar-refractivity contribution is 7.13. The van der Waals surface area contributed by atoms with Crippen molar-refractivity contribution in [2.24, 2.45) is 0 Å². The summed E-state index contributed by atoms with van der Waals surface area (Å²) >= 11 is 17.4. The molecule has 4 heterocycles. The van der Waals surface area contributed by atoms with Gasteiger partial charge in [0.15, 0.2) is 0 Å². The number of nitrogens with one attached hydrogen (secondary N) is 4. The molecular weight excluding hydrogens is 924 g/mol. The van der Waals surface area contributed by atoms with E-state index in [1.165, 1.54) is 106 Å². The van der Waals surface area contributed by atoms with Crippen LogP contribution in [0.1, 0.15) is 86.6 Å². The van der Waals surface area contributed by atoms with Crippen LogP contribution in [-0.2, 0) is 19.6 Å². The van der Waals surface area contributed by atoms with Crippen LogP contribution in [0.25, 0.3) is 44.0 Å². The number of hydrogen-bond donors (Lipinski definition) is 4. The third-order valence-electron chi connectivity index (χ3n) is 12.4. The molecule has 12 rings (SSSR count). The molecule has 0 amide bonds. The largest absolute Gasteiger partial charge is 0.464 e. The molecule has 0 saturated heterocycles. The smallest absolute Gasteiger partial charge is 0.134 e. The van der Waals surface area contributed by atoms with Crippen LogP contribution in [0.3, 0.4) is 0 Å². The molecule has 4 aromatic heterocycles. The zero-order chi connectivity index (χ0) is 45.8. The van der Waals surface area contributed by atoms with E-state index in [4.69, 9.17) is 27.6 Å². The Hall–Kier alpha value is -4.32. The van der Waals surface area contributed by atoms with Gasteiger partial charge in [-0.05, 0) is 196 Å². The molecule has 5 nitrogen and oxygen atoms in total. The van der Waals surface area contributed by atoms with Crippen LogP contribution in [0.15, 0.2) is 159 Å². The maximum absolute atomic E-state index is 6.08. The topological polar surface area (TPSA) is 61.3 Å². The normalized spacial score (nSPS) is 15.6. The van der Waals surface area contributed by atoms with Crippen LogP contribution in [0.4, 0.5) is 0 Å². The van der Waals surface area contributed by atoms with Crippen LogP contribution in [0, 0.1) is 0 Å². The minimum absolute atomic E-state index is 0.443. The molecule has 4 fully saturated rings. The van der Waals surface area contributed by atoms with Gasteiger partial charge in [0.25, 0.3) is 0 Å². The average molecular weight is 984 g/mol. The lowest BCUT2D eigenvalue weighted by atomic mass is 9.97. The number of halogens is 2. The van der Waals surface area contributed by atoms with E-state index in [0.29, 0.717) is 12.1 Å². The molecule has 0 radical (unpaired) electrons. The lowest BCUT2D eigenvalue weighted by molar-refractivity contribution is 0.572. The first-order chi connectivity index (χ1) is 32.9. The molecule has 4 aliphatic rings. The lowest BCUT2D eigenvalue weighted by Crippen LogP contribution is -2.21. The van der Waals surface area contributed by atoms with E-state index in [9.17, 15) is 0 Å². The molecule has 4 aliphatic carbocycles. The fourth-order valence-corrected chi connectivity index (χ4v) is 10.5. The molecule has 346 valence electrons. The van der Waals surface area contributed by atoms with Gasteiger partial charge in [-0.25, -0.2) is 0 Å². The standard InChI is InChI=1S/C15H17NS.C14H14ClNO.C14H14ClNS.C14H15NS/c1-11(16-13-6-7-13)14-4-2-3-5-15(14)12-8-9-17-10-12;2*15-11-3-6-13(14-2-1-7-17-14)10(8-11)9-16-12-4-5-12;1-2-4-14(12-7-8-16-10-12)11(3-1)9-15-13-5-6-13/h2-5,8-11,13,16H,6-7H2,1H3;2*1-3,6-8,12,16H,4-5,9H2;1-4,7-8,10,13,15H,5-6,9H2. The van der Waals surface area contributed by atoms with Crippen LogP contribution < -0.4 is 21.3 Å². The second-order valence-electron chi connectivity index (χ2n) is 18.0. The van der Waals surface area contributed by atoms with Crippen LogP contribution in [0.5, 0.6) is 0 Å². The van der Waals surface area contributed by atoms with Crippen LogP contribution >= 0.6 is 57.2 Å². The van der Waals surface area contributed by atoms with E-state index in [0.717, 1.165) is 59.1 Å². The molecule has 4 N–H and O–H groups in total. The SMILES string of the molecule is CC(NC1CC1)c1ccccc1-c1ccsc1.Clc1ccc(-c2ccco2)c(CNC2CC2)c1.Clc1ccc(-c2cccs2)c(CNC2CC2)c1.c1ccc(-c2ccsc2)c(CNC2CC2)c1. The second kappa shape index (κ2) is 23.8. The molecule has 1 unspecified atom stereocenters. The van der Waals surface area contributed by atoms with Gasteiger partial charge < -0.3 is 25.7 Å². The van der Waals surface area contributed by atoms with Crippen molar-refractivity contribution in [3.8, 4) is 44.0 Å². The maximum Gasteiger partial charge on any atom is 0.134 e. The van der Waals surface area contributed by atoms with Gasteiger partial charge in [0.05, 0.1) is 6.26 Å². The fraction of sp³-hybridized carbons (Fsp3) is 0.298. The summed E-state index contributed by atoms with van der Waals surface area (Å²) < 4.78 is 5.45. The summed E-state index contributed by atoms with van der Waals surface area (Å²) in [6.07, 6.45) is 12.3. The Morgan fingerprint density at radius 2 is 1.07 bits per heavy atom. The van der Waals surface area contributed by atoms with Crippen molar-refractivity contribution < 1.29 is 4.42 Å². The van der Waals surface area contributed by atoms with E-state index in [1.54, 1.807) is 40.3 Å². The van der Waals surface area contributed by atoms with Gasteiger partial charge in [0, 0.05) is 70.3 Å². The van der Waals surface area contributed by atoms with Crippen molar-refractivity contribution >= 4 is 57.2 Å². The van der Waals surface area contributed by atoms with Crippen molar-refractivity contribution in [1.82, 2.24) is 21.3 Å². The molecule has 10 heteroatoms. The Bertz CT molecular complexity index is 2610. The van der Waals surface area contributed by atoms with Crippen molar-refractivity contribution in [3.63, 3.8) is 0 Å². The van der Waals surface area contributed by atoms with E-state index >= 15 is 0 Å². The van der Waals surface area contributed by atoms with Crippen LogP contribution in [-0.4, -0.2) is 24.2 Å². The number of rotatable bonds is 16. The zero-order valence-electron chi connectivity index (χ0n) is 38.1. The van der Waals surface area contributed by atoms with E-state index in [2.05, 4.69) is 140 Å². The Balaban J connectivity index is 0.000000112. The van der Waals surface area contributed by atoms with Crippen molar-refractivity contribution in [1.29, 1.82) is 0 Å². The van der Waals surface area contributed by atoms with E-state index < -0.39 is 0 Å². The molecule has 0 spiro atoms. The lowest BCUT2D eigenvalue weighted by Gasteiger charge is -2.17. The molecule has 8 aromatic rings. The molecule has 1 atom stereocenters. The molecule has 0 bridgehead atoms. The summed E-state index contributed by atoms with van der Waals surface area (Å²) in [5, 5.41) is 26.7. The van der Waals surface area contributed by atoms with Crippen LogP contribution in [0.2, 0.25) is 10.0 Å². The highest BCUT2D eigenvalue weighted by atomic mass is 35.5. The Kier molecular flexibility index (Phi) is 17.0. The number of thiophene rings is 3. The molecule has 4 saturated carbocycles. The van der Waals surface area contributed by atoms with Gasteiger partial charge in [-0.1, -0.05) is 83.9 Å². The van der Waals surface area contributed by atoms with Gasteiger partial charge in [0.2, 0.25) is 0 Å². The van der Waals surface area contributed by atoms with E-state index in [-0.39, 0.29) is 0 Å².